The van der Waals surface area contributed by atoms with Gasteiger partial charge in [0.05, 0.1) is 0 Å². The molecule has 6 heterocycles. The van der Waals surface area contributed by atoms with Crippen molar-refractivity contribution in [2.75, 3.05) is 78.5 Å². The third-order valence-corrected chi connectivity index (χ3v) is 20.7. The summed E-state index contributed by atoms with van der Waals surface area (Å²) >= 11 is 0. The molecule has 6 aliphatic rings. The predicted octanol–water partition coefficient (Wildman–Crippen LogP) is 13.2. The summed E-state index contributed by atoms with van der Waals surface area (Å²) in [5.41, 5.74) is 0. The van der Waals surface area contributed by atoms with Gasteiger partial charge in [-0.3, -0.25) is 58.8 Å². The van der Waals surface area contributed by atoms with Crippen molar-refractivity contribution >= 4 is 0 Å². The molecule has 0 amide bonds. The fourth-order valence-electron chi connectivity index (χ4n) is 16.6. The third kappa shape index (κ3) is 25.0. The highest BCUT2D eigenvalue weighted by molar-refractivity contribution is 4.94. The molecule has 0 radical (unpaired) electrons. The molecule has 12 nitrogen and oxygen atoms in total. The molecule has 0 saturated carbocycles. The van der Waals surface area contributed by atoms with Crippen LogP contribution in [-0.2, 0) is 0 Å². The van der Waals surface area contributed by atoms with Gasteiger partial charge in [-0.1, -0.05) is 0 Å². The summed E-state index contributed by atoms with van der Waals surface area (Å²) in [6, 6.07) is 16.5. The summed E-state index contributed by atoms with van der Waals surface area (Å²) < 4.78 is 0. The van der Waals surface area contributed by atoms with Crippen LogP contribution in [0.3, 0.4) is 0 Å². The van der Waals surface area contributed by atoms with Gasteiger partial charge in [-0.05, 0) is 249 Å². The van der Waals surface area contributed by atoms with Crippen molar-refractivity contribution in [3.05, 3.63) is 0 Å². The van der Waals surface area contributed by atoms with Crippen molar-refractivity contribution in [3.63, 3.8) is 0 Å². The summed E-state index contributed by atoms with van der Waals surface area (Å²) in [6.45, 7) is 98.1. The molecule has 0 aromatic rings. The third-order valence-electron chi connectivity index (χ3n) is 20.7. The SMILES string of the molecule is CC(C)N1CCN(C(C)C)[C@@H](C)[C@@H]1C.CC(C)N1CCN(C(C)C)[C@@H](C)[C@H]1C.CC(C)N1C[C@@H](C)N(C(C)C)[C@@H](C)C1.CC(C)N1C[C@@H](C)N(C(C)C)[C@@H](C)C1.CC(C)N1C[C@@H](C)N(C(C)C)[C@H](C)C1.CC(C)N1C[C@H](C)N(C(C)C)[C@@H](C)C1. The molecule has 0 aromatic heterocycles. The Kier molecular flexibility index (Phi) is 37.3. The van der Waals surface area contributed by atoms with Crippen molar-refractivity contribution in [2.45, 2.75) is 394 Å². The number of hydrogen-bond acceptors (Lipinski definition) is 12. The van der Waals surface area contributed by atoms with Gasteiger partial charge in [-0.2, -0.15) is 0 Å². The van der Waals surface area contributed by atoms with E-state index in [1.165, 1.54) is 78.5 Å². The predicted molar refractivity (Wildman–Crippen MR) is 376 cm³/mol. The quantitative estimate of drug-likeness (QED) is 0.187. The lowest BCUT2D eigenvalue weighted by Gasteiger charge is -2.48. The standard InChI is InChI=1S/6C12H26N2/c4*1-9(2)13-7-11(5)14(10(3)4)12(6)8-13;2*1-9(2)13-7-8-14(10(3)4)12(6)11(13)5/h6*9-12H,7-8H2,1-6H3/t2*11-,12+;2*11-,12-;11-,12+;11-,12-/m..10.0/s1. The molecule has 0 aromatic carbocycles. The second-order valence-corrected chi connectivity index (χ2v) is 31.4. The fourth-order valence-corrected chi connectivity index (χ4v) is 16.6. The van der Waals surface area contributed by atoms with E-state index in [0.29, 0.717) is 145 Å². The number of piperazine rings is 6. The Bertz CT molecular complexity index is 1400. The average molecular weight is 1190 g/mol. The molecule has 6 rings (SSSR count). The second-order valence-electron chi connectivity index (χ2n) is 31.4. The Balaban J connectivity index is 0.000000504. The van der Waals surface area contributed by atoms with Crippen LogP contribution < -0.4 is 0 Å². The first kappa shape index (κ1) is 81.5. The Morgan fingerprint density at radius 3 is 0.381 bits per heavy atom. The molecule has 0 N–H and O–H groups in total. The molecule has 504 valence electrons. The first-order chi connectivity index (χ1) is 38.6. The minimum atomic E-state index is 0.675. The van der Waals surface area contributed by atoms with Crippen LogP contribution in [-0.4, -0.2) is 282 Å². The van der Waals surface area contributed by atoms with Crippen molar-refractivity contribution in [1.29, 1.82) is 0 Å². The number of rotatable bonds is 12. The van der Waals surface area contributed by atoms with Gasteiger partial charge in [0.2, 0.25) is 0 Å². The first-order valence-corrected chi connectivity index (χ1v) is 35.7. The maximum Gasteiger partial charge on any atom is 0.0223 e. The molecule has 6 aliphatic heterocycles. The van der Waals surface area contributed by atoms with E-state index in [2.05, 4.69) is 308 Å². The number of hydrogen-bond donors (Lipinski definition) is 0. The zero-order chi connectivity index (χ0) is 65.3. The Morgan fingerprint density at radius 1 is 0.179 bits per heavy atom. The van der Waals surface area contributed by atoms with Crippen LogP contribution in [0.25, 0.3) is 0 Å². The van der Waals surface area contributed by atoms with Gasteiger partial charge in [0.25, 0.3) is 0 Å². The van der Waals surface area contributed by atoms with E-state index >= 15 is 0 Å². The highest BCUT2D eigenvalue weighted by atomic mass is 15.4. The van der Waals surface area contributed by atoms with Crippen LogP contribution in [0.1, 0.15) is 249 Å². The zero-order valence-corrected chi connectivity index (χ0v) is 63.7. The van der Waals surface area contributed by atoms with Gasteiger partial charge >= 0.3 is 0 Å². The molecule has 84 heavy (non-hydrogen) atoms. The molecule has 6 saturated heterocycles. The summed E-state index contributed by atoms with van der Waals surface area (Å²) in [5, 5.41) is 0. The van der Waals surface area contributed by atoms with Crippen LogP contribution in [0.15, 0.2) is 0 Å². The lowest BCUT2D eigenvalue weighted by molar-refractivity contribution is 0.00129. The van der Waals surface area contributed by atoms with Gasteiger partial charge in [0.15, 0.2) is 0 Å². The minimum Gasteiger partial charge on any atom is -0.298 e. The van der Waals surface area contributed by atoms with Crippen molar-refractivity contribution in [2.24, 2.45) is 0 Å². The smallest absolute Gasteiger partial charge is 0.0223 e. The second kappa shape index (κ2) is 38.4. The first-order valence-electron chi connectivity index (χ1n) is 35.7. The van der Waals surface area contributed by atoms with Crippen molar-refractivity contribution < 1.29 is 0 Å². The van der Waals surface area contributed by atoms with E-state index in [4.69, 9.17) is 0 Å². The molecule has 0 aliphatic carbocycles. The Hall–Kier alpha value is -0.480. The topological polar surface area (TPSA) is 38.9 Å². The van der Waals surface area contributed by atoms with E-state index in [9.17, 15) is 0 Å². The van der Waals surface area contributed by atoms with Gasteiger partial charge < -0.3 is 0 Å². The lowest BCUT2D eigenvalue weighted by Crippen LogP contribution is -2.60. The van der Waals surface area contributed by atoms with Gasteiger partial charge in [0, 0.05) is 224 Å². The lowest BCUT2D eigenvalue weighted by atomic mass is 10.0. The summed E-state index contributed by atoms with van der Waals surface area (Å²) in [7, 11) is 0. The van der Waals surface area contributed by atoms with E-state index < -0.39 is 0 Å². The van der Waals surface area contributed by atoms with Crippen LogP contribution >= 0.6 is 0 Å². The molecule has 0 spiro atoms. The van der Waals surface area contributed by atoms with E-state index in [0.717, 1.165) is 0 Å². The van der Waals surface area contributed by atoms with Gasteiger partial charge in [0.1, 0.15) is 0 Å². The van der Waals surface area contributed by atoms with Gasteiger partial charge in [-0.25, -0.2) is 0 Å². The van der Waals surface area contributed by atoms with Gasteiger partial charge in [-0.15, -0.1) is 0 Å². The molecule has 0 unspecified atom stereocenters. The van der Waals surface area contributed by atoms with Crippen molar-refractivity contribution in [1.82, 2.24) is 58.8 Å². The summed E-state index contributed by atoms with van der Waals surface area (Å²) in [6.07, 6.45) is 0. The molecule has 12 heteroatoms. The number of nitrogens with zero attached hydrogens (tertiary/aromatic N) is 12. The van der Waals surface area contributed by atoms with E-state index in [1.807, 2.05) is 0 Å². The van der Waals surface area contributed by atoms with Crippen LogP contribution in [0.5, 0.6) is 0 Å². The van der Waals surface area contributed by atoms with E-state index in [-0.39, 0.29) is 0 Å². The fraction of sp³-hybridized carbons (Fsp3) is 1.00. The molecule has 12 atom stereocenters. The normalized spacial score (nSPS) is 31.7. The average Bonchev–Trinajstić information content (AvgIpc) is 3.53. The van der Waals surface area contributed by atoms with Crippen LogP contribution in [0.4, 0.5) is 0 Å². The largest absolute Gasteiger partial charge is 0.298 e. The van der Waals surface area contributed by atoms with Crippen LogP contribution in [0.2, 0.25) is 0 Å². The highest BCUT2D eigenvalue weighted by Crippen LogP contribution is 2.26. The van der Waals surface area contributed by atoms with E-state index in [1.54, 1.807) is 0 Å². The molecule has 6 fully saturated rings. The zero-order valence-electron chi connectivity index (χ0n) is 63.7. The maximum atomic E-state index is 2.64. The summed E-state index contributed by atoms with van der Waals surface area (Å²) in [4.78, 5) is 31.4. The monoisotopic (exact) mass is 1190 g/mol. The van der Waals surface area contributed by atoms with Crippen LogP contribution in [0, 0.1) is 0 Å². The molecular weight excluding hydrogens is 1030 g/mol. The Labute approximate surface area is 529 Å². The highest BCUT2D eigenvalue weighted by Gasteiger charge is 2.37. The maximum absolute atomic E-state index is 2.64. The van der Waals surface area contributed by atoms with Crippen molar-refractivity contribution in [3.8, 4) is 0 Å². The molecular formula is C72H156N12. The minimum absolute atomic E-state index is 0.675. The Morgan fingerprint density at radius 2 is 0.298 bits per heavy atom. The summed E-state index contributed by atoms with van der Waals surface area (Å²) in [5.74, 6) is 0. The molecule has 0 bridgehead atoms.